The molecule has 1 unspecified atom stereocenters. The molecular formula is C18H20N4O. The Hall–Kier alpha value is -1.88. The summed E-state index contributed by atoms with van der Waals surface area (Å²) in [6.07, 6.45) is 2.59. The van der Waals surface area contributed by atoms with Crippen molar-refractivity contribution >= 4 is 16.8 Å². The second-order valence-electron chi connectivity index (χ2n) is 7.77. The van der Waals surface area contributed by atoms with Gasteiger partial charge in [-0.25, -0.2) is 0 Å². The number of amides is 1. The lowest BCUT2D eigenvalue weighted by Crippen LogP contribution is -2.51. The number of carbonyl (C=O) groups excluding carboxylic acids is 1. The fourth-order valence-electron chi connectivity index (χ4n) is 6.17. The summed E-state index contributed by atoms with van der Waals surface area (Å²) in [5, 5.41) is 5.54. The number of fused-ring (bicyclic) bond motifs is 1. The molecule has 1 aromatic heterocycles. The molecule has 5 heteroatoms. The van der Waals surface area contributed by atoms with Gasteiger partial charge in [0.2, 0.25) is 0 Å². The van der Waals surface area contributed by atoms with Crippen molar-refractivity contribution in [3.05, 3.63) is 30.0 Å². The first-order chi connectivity index (χ1) is 11.2. The van der Waals surface area contributed by atoms with E-state index in [1.165, 1.54) is 19.4 Å². The van der Waals surface area contributed by atoms with Gasteiger partial charge in [-0.15, -0.1) is 0 Å². The van der Waals surface area contributed by atoms with Crippen molar-refractivity contribution < 1.29 is 4.79 Å². The quantitative estimate of drug-likeness (QED) is 0.801. The molecule has 23 heavy (non-hydrogen) atoms. The Balaban J connectivity index is 1.43. The Morgan fingerprint density at radius 2 is 2.13 bits per heavy atom. The van der Waals surface area contributed by atoms with Gasteiger partial charge in [0.1, 0.15) is 0 Å². The first-order valence-electron chi connectivity index (χ1n) is 8.67. The van der Waals surface area contributed by atoms with Gasteiger partial charge in [-0.1, -0.05) is 18.2 Å². The van der Waals surface area contributed by atoms with Crippen LogP contribution in [0.4, 0.5) is 0 Å². The van der Waals surface area contributed by atoms with Crippen molar-refractivity contribution in [3.63, 3.8) is 0 Å². The number of carbonyl (C=O) groups is 1. The first-order valence-corrected chi connectivity index (χ1v) is 8.67. The van der Waals surface area contributed by atoms with E-state index in [9.17, 15) is 4.79 Å². The molecule has 6 rings (SSSR count). The Morgan fingerprint density at radius 1 is 1.26 bits per heavy atom. The highest BCUT2D eigenvalue weighted by molar-refractivity contribution is 6.05. The summed E-state index contributed by atoms with van der Waals surface area (Å²) in [6.45, 7) is 3.27. The summed E-state index contributed by atoms with van der Waals surface area (Å²) >= 11 is 0. The second-order valence-corrected chi connectivity index (χ2v) is 7.77. The molecule has 2 bridgehead atoms. The molecule has 2 aromatic rings. The lowest BCUT2D eigenvalue weighted by Gasteiger charge is -2.46. The fourth-order valence-corrected chi connectivity index (χ4v) is 6.17. The predicted molar refractivity (Wildman–Crippen MR) is 86.1 cm³/mol. The van der Waals surface area contributed by atoms with Crippen molar-refractivity contribution in [2.45, 2.75) is 24.9 Å². The van der Waals surface area contributed by atoms with Gasteiger partial charge in [-0.2, -0.15) is 5.10 Å². The van der Waals surface area contributed by atoms with Crippen molar-refractivity contribution in [2.75, 3.05) is 19.6 Å². The maximum atomic E-state index is 13.3. The van der Waals surface area contributed by atoms with Crippen LogP contribution < -0.4 is 0 Å². The van der Waals surface area contributed by atoms with E-state index in [-0.39, 0.29) is 5.91 Å². The van der Waals surface area contributed by atoms with Crippen molar-refractivity contribution in [1.82, 2.24) is 19.6 Å². The molecule has 118 valence electrons. The zero-order valence-electron chi connectivity index (χ0n) is 13.3. The lowest BCUT2D eigenvalue weighted by atomic mass is 9.57. The van der Waals surface area contributed by atoms with Crippen LogP contribution in [0, 0.1) is 11.3 Å². The van der Waals surface area contributed by atoms with Gasteiger partial charge in [0.05, 0.1) is 11.6 Å². The van der Waals surface area contributed by atoms with Gasteiger partial charge in [-0.3, -0.25) is 14.4 Å². The Bertz CT molecular complexity index is 858. The van der Waals surface area contributed by atoms with Crippen LogP contribution in [0.5, 0.6) is 0 Å². The fraction of sp³-hybridized carbons (Fsp3) is 0.556. The lowest BCUT2D eigenvalue weighted by molar-refractivity contribution is 0.0484. The average molecular weight is 308 g/mol. The van der Waals surface area contributed by atoms with Gasteiger partial charge in [0, 0.05) is 37.0 Å². The third-order valence-corrected chi connectivity index (χ3v) is 7.20. The molecule has 0 radical (unpaired) electrons. The summed E-state index contributed by atoms with van der Waals surface area (Å²) in [6, 6.07) is 9.23. The maximum absolute atomic E-state index is 13.3. The Morgan fingerprint density at radius 3 is 3.00 bits per heavy atom. The normalized spacial score (nSPS) is 39.8. The number of aryl methyl sites for hydroxylation is 1. The number of piperidine rings is 1. The predicted octanol–water partition coefficient (Wildman–Crippen LogP) is 1.49. The van der Waals surface area contributed by atoms with Crippen LogP contribution in [0.15, 0.2) is 24.3 Å². The van der Waals surface area contributed by atoms with E-state index in [0.29, 0.717) is 17.2 Å². The highest BCUT2D eigenvalue weighted by Gasteiger charge is 2.73. The molecule has 1 aliphatic carbocycles. The molecule has 1 saturated carbocycles. The number of rotatable bonds is 1. The zero-order chi connectivity index (χ0) is 15.3. The number of hydrogen-bond donors (Lipinski definition) is 0. The molecule has 1 amide bonds. The Labute approximate surface area is 134 Å². The number of benzene rings is 1. The standard InChI is InChI=1S/C18H20N4O/c1-20-13-5-3-2-4-12(13)16(19-20)17(23)22-9-11-8-14-18(11)6-7-21(14)10-15(18)22/h2-5,11,14-15H,6-10H2,1H3/t11-,14-,15-,18-/m0/s1. The highest BCUT2D eigenvalue weighted by atomic mass is 16.2. The van der Waals surface area contributed by atoms with Crippen LogP contribution in [0.3, 0.4) is 0 Å². The van der Waals surface area contributed by atoms with Gasteiger partial charge in [0.25, 0.3) is 5.91 Å². The minimum absolute atomic E-state index is 0.142. The molecule has 3 saturated heterocycles. The topological polar surface area (TPSA) is 41.4 Å². The summed E-state index contributed by atoms with van der Waals surface area (Å²) in [5.41, 5.74) is 2.10. The number of aromatic nitrogens is 2. The maximum Gasteiger partial charge on any atom is 0.275 e. The van der Waals surface area contributed by atoms with E-state index in [2.05, 4.69) is 14.9 Å². The van der Waals surface area contributed by atoms with E-state index in [0.717, 1.165) is 36.0 Å². The first kappa shape index (κ1) is 12.5. The van der Waals surface area contributed by atoms with Crippen LogP contribution in [-0.2, 0) is 7.05 Å². The number of likely N-dealkylation sites (tertiary alicyclic amines) is 1. The summed E-state index contributed by atoms with van der Waals surface area (Å²) in [5.74, 6) is 0.868. The third kappa shape index (κ3) is 1.24. The number of hydrogen-bond acceptors (Lipinski definition) is 3. The van der Waals surface area contributed by atoms with Gasteiger partial charge in [0.15, 0.2) is 5.69 Å². The van der Waals surface area contributed by atoms with Crippen LogP contribution in [0.25, 0.3) is 10.9 Å². The SMILES string of the molecule is Cn1nc(C(=O)N2C[C@@H]3C[C@@H]4N5CC[C@]34[C@@H]2C5)c2ccccc21. The van der Waals surface area contributed by atoms with Crippen molar-refractivity contribution in [2.24, 2.45) is 18.4 Å². The summed E-state index contributed by atoms with van der Waals surface area (Å²) in [7, 11) is 1.92. The Kier molecular flexibility index (Phi) is 2.06. The van der Waals surface area contributed by atoms with Crippen LogP contribution >= 0.6 is 0 Å². The monoisotopic (exact) mass is 308 g/mol. The second kappa shape index (κ2) is 3.78. The molecular weight excluding hydrogens is 288 g/mol. The minimum atomic E-state index is 0.142. The van der Waals surface area contributed by atoms with E-state index in [4.69, 9.17) is 0 Å². The molecule has 1 spiro atoms. The van der Waals surface area contributed by atoms with E-state index < -0.39 is 0 Å². The number of para-hydroxylation sites is 1. The molecule has 5 nitrogen and oxygen atoms in total. The molecule has 4 fully saturated rings. The molecule has 5 atom stereocenters. The molecule has 4 aliphatic rings. The van der Waals surface area contributed by atoms with Crippen molar-refractivity contribution in [1.29, 1.82) is 0 Å². The third-order valence-electron chi connectivity index (χ3n) is 7.20. The molecule has 1 aromatic carbocycles. The smallest absolute Gasteiger partial charge is 0.275 e. The van der Waals surface area contributed by atoms with Crippen LogP contribution in [-0.4, -0.2) is 57.2 Å². The van der Waals surface area contributed by atoms with Gasteiger partial charge < -0.3 is 4.90 Å². The van der Waals surface area contributed by atoms with E-state index in [1.54, 1.807) is 0 Å². The zero-order valence-corrected chi connectivity index (χ0v) is 13.3. The van der Waals surface area contributed by atoms with Crippen molar-refractivity contribution in [3.8, 4) is 0 Å². The highest BCUT2D eigenvalue weighted by Crippen LogP contribution is 2.67. The van der Waals surface area contributed by atoms with Gasteiger partial charge >= 0.3 is 0 Å². The van der Waals surface area contributed by atoms with Crippen LogP contribution in [0.1, 0.15) is 23.3 Å². The largest absolute Gasteiger partial charge is 0.332 e. The molecule has 0 N–H and O–H groups in total. The van der Waals surface area contributed by atoms with Gasteiger partial charge in [-0.05, 0) is 31.4 Å². The van der Waals surface area contributed by atoms with E-state index >= 15 is 0 Å². The average Bonchev–Trinajstić information content (AvgIpc) is 3.18. The summed E-state index contributed by atoms with van der Waals surface area (Å²) in [4.78, 5) is 18.1. The number of nitrogens with zero attached hydrogens (tertiary/aromatic N) is 4. The minimum Gasteiger partial charge on any atom is -0.332 e. The van der Waals surface area contributed by atoms with E-state index in [1.807, 2.05) is 36.0 Å². The molecule has 4 heterocycles. The van der Waals surface area contributed by atoms with Crippen LogP contribution in [0.2, 0.25) is 0 Å². The summed E-state index contributed by atoms with van der Waals surface area (Å²) < 4.78 is 1.83. The molecule has 3 aliphatic heterocycles.